The van der Waals surface area contributed by atoms with Crippen molar-refractivity contribution in [2.45, 2.75) is 13.3 Å². The van der Waals surface area contributed by atoms with E-state index in [-0.39, 0.29) is 6.61 Å². The summed E-state index contributed by atoms with van der Waals surface area (Å²) in [5, 5.41) is 12.5. The average Bonchev–Trinajstić information content (AvgIpc) is 2.17. The van der Waals surface area contributed by atoms with Gasteiger partial charge in [-0.1, -0.05) is 11.6 Å². The summed E-state index contributed by atoms with van der Waals surface area (Å²) in [6.45, 7) is 2.82. The number of benzene rings is 1. The van der Waals surface area contributed by atoms with Gasteiger partial charge in [0.1, 0.15) is 5.75 Å². The number of halogens is 1. The monoisotopic (exact) mass is 229 g/mol. The first-order valence-electron chi connectivity index (χ1n) is 4.88. The molecule has 1 aromatic rings. The topological polar surface area (TPSA) is 41.5 Å². The molecule has 0 amide bonds. The van der Waals surface area contributed by atoms with Crippen molar-refractivity contribution in [3.63, 3.8) is 0 Å². The third kappa shape index (κ3) is 3.29. The lowest BCUT2D eigenvalue weighted by Crippen LogP contribution is -2.05. The molecular formula is C11H16ClNO2. The largest absolute Gasteiger partial charge is 0.494 e. The Labute approximate surface area is 95.0 Å². The van der Waals surface area contributed by atoms with Gasteiger partial charge >= 0.3 is 0 Å². The molecule has 0 fully saturated rings. The summed E-state index contributed by atoms with van der Waals surface area (Å²) >= 11 is 5.95. The minimum atomic E-state index is 0.175. The molecule has 0 saturated heterocycles. The van der Waals surface area contributed by atoms with Crippen molar-refractivity contribution in [1.82, 2.24) is 0 Å². The molecule has 15 heavy (non-hydrogen) atoms. The normalized spacial score (nSPS) is 10.1. The number of ether oxygens (including phenoxy) is 1. The van der Waals surface area contributed by atoms with E-state index in [9.17, 15) is 0 Å². The summed E-state index contributed by atoms with van der Waals surface area (Å²) in [5.41, 5.74) is 1.87. The number of anilines is 1. The number of hydrogen-bond acceptors (Lipinski definition) is 3. The molecule has 0 spiro atoms. The predicted octanol–water partition coefficient (Wildman–Crippen LogP) is 2.45. The highest BCUT2D eigenvalue weighted by Crippen LogP contribution is 2.31. The molecule has 0 unspecified atom stereocenters. The molecule has 3 nitrogen and oxygen atoms in total. The summed E-state index contributed by atoms with van der Waals surface area (Å²) in [4.78, 5) is 0. The van der Waals surface area contributed by atoms with Crippen molar-refractivity contribution in [2.75, 3.05) is 25.6 Å². The Kier molecular flexibility index (Phi) is 4.72. The maximum atomic E-state index is 8.68. The Balaban J connectivity index is 2.84. The number of hydrogen-bond donors (Lipinski definition) is 2. The molecule has 84 valence electrons. The fourth-order valence-electron chi connectivity index (χ4n) is 1.43. The number of nitrogens with one attached hydrogen (secondary N) is 1. The van der Waals surface area contributed by atoms with E-state index in [0.29, 0.717) is 18.0 Å². The van der Waals surface area contributed by atoms with Gasteiger partial charge in [0.25, 0.3) is 0 Å². The van der Waals surface area contributed by atoms with Gasteiger partial charge in [0.05, 0.1) is 12.8 Å². The molecule has 0 aliphatic carbocycles. The molecule has 1 rings (SSSR count). The molecule has 1 aromatic carbocycles. The van der Waals surface area contributed by atoms with Crippen molar-refractivity contribution in [1.29, 1.82) is 0 Å². The molecule has 0 aliphatic heterocycles. The zero-order valence-corrected chi connectivity index (χ0v) is 9.77. The van der Waals surface area contributed by atoms with Gasteiger partial charge in [-0.25, -0.2) is 0 Å². The second kappa shape index (κ2) is 5.83. The van der Waals surface area contributed by atoms with Gasteiger partial charge in [-0.3, -0.25) is 0 Å². The number of aliphatic hydroxyl groups is 1. The van der Waals surface area contributed by atoms with Gasteiger partial charge < -0.3 is 15.2 Å². The first-order chi connectivity index (χ1) is 7.19. The predicted molar refractivity (Wildman–Crippen MR) is 62.9 cm³/mol. The molecule has 0 aliphatic rings. The molecular weight excluding hydrogens is 214 g/mol. The third-order valence-corrected chi connectivity index (χ3v) is 2.31. The minimum absolute atomic E-state index is 0.175. The number of rotatable bonds is 5. The summed E-state index contributed by atoms with van der Waals surface area (Å²) in [6.07, 6.45) is 0.703. The Morgan fingerprint density at radius 2 is 2.20 bits per heavy atom. The van der Waals surface area contributed by atoms with Crippen LogP contribution < -0.4 is 10.1 Å². The van der Waals surface area contributed by atoms with Crippen molar-refractivity contribution in [3.05, 3.63) is 22.7 Å². The highest BCUT2D eigenvalue weighted by molar-refractivity contribution is 6.31. The van der Waals surface area contributed by atoms with Crippen LogP contribution in [0.5, 0.6) is 5.75 Å². The first kappa shape index (κ1) is 12.1. The molecule has 0 atom stereocenters. The van der Waals surface area contributed by atoms with E-state index in [1.54, 1.807) is 7.11 Å². The highest BCUT2D eigenvalue weighted by Gasteiger charge is 2.07. The summed E-state index contributed by atoms with van der Waals surface area (Å²) in [6, 6.07) is 3.68. The van der Waals surface area contributed by atoms with E-state index in [0.717, 1.165) is 17.0 Å². The quantitative estimate of drug-likeness (QED) is 0.763. The van der Waals surface area contributed by atoms with E-state index in [1.165, 1.54) is 0 Å². The van der Waals surface area contributed by atoms with Crippen molar-refractivity contribution < 1.29 is 9.84 Å². The van der Waals surface area contributed by atoms with Crippen LogP contribution in [0.4, 0.5) is 5.69 Å². The van der Waals surface area contributed by atoms with E-state index in [1.807, 2.05) is 19.1 Å². The zero-order valence-electron chi connectivity index (χ0n) is 9.01. The molecule has 0 saturated carbocycles. The molecule has 0 heterocycles. The van der Waals surface area contributed by atoms with Crippen molar-refractivity contribution in [2.24, 2.45) is 0 Å². The van der Waals surface area contributed by atoms with Gasteiger partial charge in [-0.05, 0) is 31.0 Å². The van der Waals surface area contributed by atoms with Crippen molar-refractivity contribution in [3.8, 4) is 5.75 Å². The van der Waals surface area contributed by atoms with Crippen LogP contribution in [-0.4, -0.2) is 25.4 Å². The van der Waals surface area contributed by atoms with Crippen LogP contribution in [0.15, 0.2) is 12.1 Å². The summed E-state index contributed by atoms with van der Waals surface area (Å²) in [5.74, 6) is 0.803. The van der Waals surface area contributed by atoms with Crippen LogP contribution in [0.3, 0.4) is 0 Å². The average molecular weight is 230 g/mol. The lowest BCUT2D eigenvalue weighted by atomic mass is 10.2. The maximum absolute atomic E-state index is 8.68. The summed E-state index contributed by atoms with van der Waals surface area (Å²) in [7, 11) is 1.63. The fourth-order valence-corrected chi connectivity index (χ4v) is 1.71. The Bertz CT molecular complexity index is 329. The van der Waals surface area contributed by atoms with Gasteiger partial charge in [-0.2, -0.15) is 0 Å². The third-order valence-electron chi connectivity index (χ3n) is 2.09. The molecule has 0 radical (unpaired) electrons. The van der Waals surface area contributed by atoms with Gasteiger partial charge in [0.15, 0.2) is 0 Å². The maximum Gasteiger partial charge on any atom is 0.144 e. The number of aryl methyl sites for hydroxylation is 1. The molecule has 4 heteroatoms. The summed E-state index contributed by atoms with van der Waals surface area (Å²) < 4.78 is 5.28. The molecule has 0 bridgehead atoms. The fraction of sp³-hybridized carbons (Fsp3) is 0.455. The van der Waals surface area contributed by atoms with Crippen LogP contribution in [0.25, 0.3) is 0 Å². The van der Waals surface area contributed by atoms with Gasteiger partial charge in [0.2, 0.25) is 0 Å². The second-order valence-corrected chi connectivity index (χ2v) is 3.74. The van der Waals surface area contributed by atoms with Crippen LogP contribution in [0.1, 0.15) is 12.0 Å². The zero-order chi connectivity index (χ0) is 11.3. The lowest BCUT2D eigenvalue weighted by molar-refractivity contribution is 0.292. The SMILES string of the molecule is COc1c(C)cc(Cl)cc1NCCCO. The Morgan fingerprint density at radius 3 is 2.80 bits per heavy atom. The van der Waals surface area contributed by atoms with Crippen LogP contribution in [0.2, 0.25) is 5.02 Å². The van der Waals surface area contributed by atoms with E-state index in [4.69, 9.17) is 21.4 Å². The van der Waals surface area contributed by atoms with E-state index < -0.39 is 0 Å². The highest BCUT2D eigenvalue weighted by atomic mass is 35.5. The Morgan fingerprint density at radius 1 is 1.47 bits per heavy atom. The number of aliphatic hydroxyl groups excluding tert-OH is 1. The van der Waals surface area contributed by atoms with E-state index >= 15 is 0 Å². The van der Waals surface area contributed by atoms with Gasteiger partial charge in [0, 0.05) is 18.2 Å². The smallest absolute Gasteiger partial charge is 0.144 e. The lowest BCUT2D eigenvalue weighted by Gasteiger charge is -2.13. The van der Waals surface area contributed by atoms with Crippen molar-refractivity contribution >= 4 is 17.3 Å². The second-order valence-electron chi connectivity index (χ2n) is 3.31. The van der Waals surface area contributed by atoms with Crippen LogP contribution >= 0.6 is 11.6 Å². The standard InChI is InChI=1S/C11H16ClNO2/c1-8-6-9(12)7-10(11(8)15-2)13-4-3-5-14/h6-7,13-14H,3-5H2,1-2H3. The molecule has 0 aromatic heterocycles. The number of methoxy groups -OCH3 is 1. The van der Waals surface area contributed by atoms with Crippen LogP contribution in [-0.2, 0) is 0 Å². The molecule has 2 N–H and O–H groups in total. The minimum Gasteiger partial charge on any atom is -0.494 e. The Hall–Kier alpha value is -0.930. The van der Waals surface area contributed by atoms with Crippen LogP contribution in [0, 0.1) is 6.92 Å². The first-order valence-corrected chi connectivity index (χ1v) is 5.25. The van der Waals surface area contributed by atoms with E-state index in [2.05, 4.69) is 5.32 Å². The van der Waals surface area contributed by atoms with Gasteiger partial charge in [-0.15, -0.1) is 0 Å².